The number of non-ortho nitro benzene ring substituents is 1. The number of nitrogens with one attached hydrogen (secondary N) is 1. The van der Waals surface area contributed by atoms with Gasteiger partial charge < -0.3 is 10.1 Å². The molecule has 3 rings (SSSR count). The third-order valence-electron chi connectivity index (χ3n) is 3.71. The normalized spacial score (nSPS) is 11.0. The van der Waals surface area contributed by atoms with E-state index in [-0.39, 0.29) is 28.6 Å². The molecule has 0 bridgehead atoms. The van der Waals surface area contributed by atoms with Gasteiger partial charge in [0.1, 0.15) is 11.3 Å². The third-order valence-corrected chi connectivity index (χ3v) is 3.71. The van der Waals surface area contributed by atoms with Gasteiger partial charge in [0.25, 0.3) is 11.6 Å². The molecule has 0 saturated heterocycles. The number of aromatic nitrogens is 1. The zero-order chi connectivity index (χ0) is 21.0. The van der Waals surface area contributed by atoms with Gasteiger partial charge in [0.2, 0.25) is 5.88 Å². The van der Waals surface area contributed by atoms with Crippen LogP contribution >= 0.6 is 0 Å². The van der Waals surface area contributed by atoms with Crippen LogP contribution in [0.5, 0.6) is 11.6 Å². The first-order valence-corrected chi connectivity index (χ1v) is 8.10. The standard InChI is InChI=1S/C19H12F3N3O4/c20-19(21,22)12-4-1-5-13(10-12)24-17(26)16-8-3-9-23-18(16)29-15-7-2-6-14(11-15)25(27)28/h1-11H,(H,24,26). The van der Waals surface area contributed by atoms with Gasteiger partial charge in [-0.25, -0.2) is 4.98 Å². The third kappa shape index (κ3) is 4.86. The molecule has 3 aromatic rings. The van der Waals surface area contributed by atoms with Gasteiger partial charge in [0.15, 0.2) is 0 Å². The Labute approximate surface area is 161 Å². The Morgan fingerprint density at radius 3 is 2.55 bits per heavy atom. The van der Waals surface area contributed by atoms with E-state index in [1.54, 1.807) is 0 Å². The van der Waals surface area contributed by atoms with Gasteiger partial charge in [-0.15, -0.1) is 0 Å². The molecular weight excluding hydrogens is 391 g/mol. The van der Waals surface area contributed by atoms with Crippen LogP contribution in [0.3, 0.4) is 0 Å². The molecule has 0 spiro atoms. The number of nitro groups is 1. The van der Waals surface area contributed by atoms with E-state index in [0.717, 1.165) is 18.2 Å². The van der Waals surface area contributed by atoms with Gasteiger partial charge in [-0.2, -0.15) is 13.2 Å². The number of nitro benzene ring substituents is 1. The Hall–Kier alpha value is -3.95. The van der Waals surface area contributed by atoms with E-state index in [1.165, 1.54) is 48.7 Å². The van der Waals surface area contributed by atoms with Gasteiger partial charge >= 0.3 is 6.18 Å². The molecule has 2 aromatic carbocycles. The number of rotatable bonds is 5. The Morgan fingerprint density at radius 2 is 1.83 bits per heavy atom. The maximum Gasteiger partial charge on any atom is 0.416 e. The van der Waals surface area contributed by atoms with Crippen molar-refractivity contribution in [3.8, 4) is 11.6 Å². The van der Waals surface area contributed by atoms with Crippen LogP contribution in [0, 0.1) is 10.1 Å². The van der Waals surface area contributed by atoms with E-state index in [1.807, 2.05) is 0 Å². The van der Waals surface area contributed by atoms with Crippen LogP contribution in [0.15, 0.2) is 66.9 Å². The lowest BCUT2D eigenvalue weighted by Crippen LogP contribution is -2.14. The number of carbonyl (C=O) groups is 1. The first kappa shape index (κ1) is 19.8. The lowest BCUT2D eigenvalue weighted by molar-refractivity contribution is -0.384. The summed E-state index contributed by atoms with van der Waals surface area (Å²) in [7, 11) is 0. The Kier molecular flexibility index (Phi) is 5.44. The molecule has 29 heavy (non-hydrogen) atoms. The average Bonchev–Trinajstić information content (AvgIpc) is 2.68. The fourth-order valence-electron chi connectivity index (χ4n) is 2.39. The van der Waals surface area contributed by atoms with Gasteiger partial charge in [-0.1, -0.05) is 12.1 Å². The smallest absolute Gasteiger partial charge is 0.416 e. The average molecular weight is 403 g/mol. The fourth-order valence-corrected chi connectivity index (χ4v) is 2.39. The second kappa shape index (κ2) is 7.97. The minimum Gasteiger partial charge on any atom is -0.438 e. The Bertz CT molecular complexity index is 1070. The molecule has 0 radical (unpaired) electrons. The van der Waals surface area contributed by atoms with Crippen molar-refractivity contribution in [2.45, 2.75) is 6.18 Å². The topological polar surface area (TPSA) is 94.4 Å². The predicted molar refractivity (Wildman–Crippen MR) is 96.8 cm³/mol. The summed E-state index contributed by atoms with van der Waals surface area (Å²) in [5.41, 5.74) is -1.24. The van der Waals surface area contributed by atoms with E-state index < -0.39 is 22.6 Å². The molecular formula is C19H12F3N3O4. The minimum absolute atomic E-state index is 0.0589. The lowest BCUT2D eigenvalue weighted by Gasteiger charge is -2.12. The number of hydrogen-bond acceptors (Lipinski definition) is 5. The van der Waals surface area contributed by atoms with Crippen LogP contribution in [0.2, 0.25) is 0 Å². The number of amides is 1. The van der Waals surface area contributed by atoms with Crippen LogP contribution in [-0.2, 0) is 6.18 Å². The van der Waals surface area contributed by atoms with E-state index in [4.69, 9.17) is 4.74 Å². The quantitative estimate of drug-likeness (QED) is 0.475. The highest BCUT2D eigenvalue weighted by molar-refractivity contribution is 6.05. The zero-order valence-corrected chi connectivity index (χ0v) is 14.5. The number of pyridine rings is 1. The summed E-state index contributed by atoms with van der Waals surface area (Å²) in [4.78, 5) is 26.7. The van der Waals surface area contributed by atoms with Crippen molar-refractivity contribution in [3.63, 3.8) is 0 Å². The first-order chi connectivity index (χ1) is 13.7. The molecule has 0 atom stereocenters. The molecule has 0 saturated carbocycles. The molecule has 0 aliphatic heterocycles. The second-order valence-corrected chi connectivity index (χ2v) is 5.75. The van der Waals surface area contributed by atoms with Crippen LogP contribution in [0.25, 0.3) is 0 Å². The summed E-state index contributed by atoms with van der Waals surface area (Å²) in [6.45, 7) is 0. The van der Waals surface area contributed by atoms with E-state index in [2.05, 4.69) is 10.3 Å². The van der Waals surface area contributed by atoms with Crippen LogP contribution < -0.4 is 10.1 Å². The van der Waals surface area contributed by atoms with Crippen molar-refractivity contribution in [1.82, 2.24) is 4.98 Å². The largest absolute Gasteiger partial charge is 0.438 e. The number of anilines is 1. The van der Waals surface area contributed by atoms with Gasteiger partial charge in [-0.3, -0.25) is 14.9 Å². The van der Waals surface area contributed by atoms with Crippen molar-refractivity contribution in [1.29, 1.82) is 0 Å². The molecule has 7 nitrogen and oxygen atoms in total. The molecule has 0 unspecified atom stereocenters. The number of halogens is 3. The maximum atomic E-state index is 12.8. The molecule has 0 aliphatic carbocycles. The summed E-state index contributed by atoms with van der Waals surface area (Å²) >= 11 is 0. The Morgan fingerprint density at radius 1 is 1.07 bits per heavy atom. The predicted octanol–water partition coefficient (Wildman–Crippen LogP) is 5.05. The van der Waals surface area contributed by atoms with Crippen LogP contribution in [-0.4, -0.2) is 15.8 Å². The molecule has 0 aliphatic rings. The van der Waals surface area contributed by atoms with Crippen molar-refractivity contribution in [2.24, 2.45) is 0 Å². The van der Waals surface area contributed by atoms with Gasteiger partial charge in [0, 0.05) is 18.0 Å². The fraction of sp³-hybridized carbons (Fsp3) is 0.0526. The number of ether oxygens (including phenoxy) is 1. The summed E-state index contributed by atoms with van der Waals surface area (Å²) in [5.74, 6) is -0.832. The van der Waals surface area contributed by atoms with Crippen molar-refractivity contribution in [2.75, 3.05) is 5.32 Å². The number of alkyl halides is 3. The second-order valence-electron chi connectivity index (χ2n) is 5.75. The highest BCUT2D eigenvalue weighted by Crippen LogP contribution is 2.31. The van der Waals surface area contributed by atoms with E-state index in [9.17, 15) is 28.1 Å². The summed E-state index contributed by atoms with van der Waals surface area (Å²) < 4.78 is 44.0. The molecule has 148 valence electrons. The number of nitrogens with zero attached hydrogens (tertiary/aromatic N) is 2. The van der Waals surface area contributed by atoms with E-state index >= 15 is 0 Å². The number of benzene rings is 2. The first-order valence-electron chi connectivity index (χ1n) is 8.10. The van der Waals surface area contributed by atoms with Crippen LogP contribution in [0.1, 0.15) is 15.9 Å². The molecule has 10 heteroatoms. The Balaban J connectivity index is 1.84. The van der Waals surface area contributed by atoms with Gasteiger partial charge in [0.05, 0.1) is 16.6 Å². The van der Waals surface area contributed by atoms with Crippen molar-refractivity contribution < 1.29 is 27.6 Å². The summed E-state index contributed by atoms with van der Waals surface area (Å²) in [5, 5.41) is 13.2. The van der Waals surface area contributed by atoms with Crippen molar-refractivity contribution in [3.05, 3.63) is 88.1 Å². The van der Waals surface area contributed by atoms with E-state index in [0.29, 0.717) is 0 Å². The highest BCUT2D eigenvalue weighted by Gasteiger charge is 2.30. The maximum absolute atomic E-state index is 12.8. The minimum atomic E-state index is -4.55. The monoisotopic (exact) mass is 403 g/mol. The number of hydrogen-bond donors (Lipinski definition) is 1. The SMILES string of the molecule is O=C(Nc1cccc(C(F)(F)F)c1)c1cccnc1Oc1cccc([N+](=O)[O-])c1. The number of carbonyl (C=O) groups excluding carboxylic acids is 1. The van der Waals surface area contributed by atoms with Crippen LogP contribution in [0.4, 0.5) is 24.5 Å². The summed E-state index contributed by atoms with van der Waals surface area (Å²) in [6, 6.07) is 12.2. The molecule has 1 amide bonds. The molecule has 1 aromatic heterocycles. The summed E-state index contributed by atoms with van der Waals surface area (Å²) in [6.07, 6.45) is -3.21. The molecule has 0 fully saturated rings. The highest BCUT2D eigenvalue weighted by atomic mass is 19.4. The van der Waals surface area contributed by atoms with Crippen molar-refractivity contribution >= 4 is 17.3 Å². The van der Waals surface area contributed by atoms with Gasteiger partial charge in [-0.05, 0) is 36.4 Å². The molecule has 1 heterocycles. The molecule has 1 N–H and O–H groups in total. The lowest BCUT2D eigenvalue weighted by atomic mass is 10.2. The zero-order valence-electron chi connectivity index (χ0n) is 14.5.